The van der Waals surface area contributed by atoms with Gasteiger partial charge < -0.3 is 20.1 Å². The third-order valence-electron chi connectivity index (χ3n) is 4.35. The number of unbranched alkanes of at least 4 members (excludes halogenated alkanes) is 2. The van der Waals surface area contributed by atoms with Crippen LogP contribution in [-0.4, -0.2) is 39.9 Å². The fraction of sp³-hybridized carbons (Fsp3) is 0.867. The Morgan fingerprint density at radius 2 is 2.05 bits per heavy atom. The van der Waals surface area contributed by atoms with Gasteiger partial charge in [-0.3, -0.25) is 0 Å². The van der Waals surface area contributed by atoms with Gasteiger partial charge in [0.1, 0.15) is 0 Å². The van der Waals surface area contributed by atoms with Crippen LogP contribution < -0.4 is 0 Å². The van der Waals surface area contributed by atoms with E-state index in [2.05, 4.69) is 6.92 Å². The van der Waals surface area contributed by atoms with Crippen molar-refractivity contribution < 1.29 is 20.1 Å². The smallest absolute Gasteiger partial charge is 0.155 e. The summed E-state index contributed by atoms with van der Waals surface area (Å²) in [4.78, 5) is 0. The summed E-state index contributed by atoms with van der Waals surface area (Å²) in [6, 6.07) is 0. The molecule has 2 fully saturated rings. The minimum absolute atomic E-state index is 0.00275. The Kier molecular flexibility index (Phi) is 5.39. The lowest BCUT2D eigenvalue weighted by atomic mass is 9.91. The Morgan fingerprint density at radius 1 is 1.26 bits per heavy atom. The summed E-state index contributed by atoms with van der Waals surface area (Å²) in [5, 5.41) is 29.4. The fourth-order valence-corrected chi connectivity index (χ4v) is 3.29. The van der Waals surface area contributed by atoms with Gasteiger partial charge in [-0.15, -0.1) is 0 Å². The third kappa shape index (κ3) is 3.78. The molecule has 3 N–H and O–H groups in total. The molecule has 0 spiro atoms. The van der Waals surface area contributed by atoms with E-state index >= 15 is 0 Å². The van der Waals surface area contributed by atoms with Crippen molar-refractivity contribution in [1.82, 2.24) is 0 Å². The molecular formula is C15H26O4. The zero-order valence-corrected chi connectivity index (χ0v) is 11.6. The normalized spacial score (nSPS) is 39.9. The van der Waals surface area contributed by atoms with E-state index in [9.17, 15) is 15.3 Å². The van der Waals surface area contributed by atoms with Gasteiger partial charge in [-0.1, -0.05) is 38.3 Å². The van der Waals surface area contributed by atoms with Gasteiger partial charge in [0.2, 0.25) is 0 Å². The summed E-state index contributed by atoms with van der Waals surface area (Å²) in [5.74, 6) is 0.187. The average Bonchev–Trinajstić information content (AvgIpc) is 2.82. The summed E-state index contributed by atoms with van der Waals surface area (Å²) in [6.07, 6.45) is 7.44. The van der Waals surface area contributed by atoms with Gasteiger partial charge in [0.05, 0.1) is 18.3 Å². The van der Waals surface area contributed by atoms with E-state index in [0.29, 0.717) is 12.8 Å². The molecular weight excluding hydrogens is 244 g/mol. The lowest BCUT2D eigenvalue weighted by Gasteiger charge is -2.16. The predicted octanol–water partition coefficient (Wildman–Crippen LogP) is 1.59. The molecule has 6 atom stereocenters. The number of fused-ring (bicyclic) bond motifs is 1. The second-order valence-electron chi connectivity index (χ2n) is 5.86. The fourth-order valence-electron chi connectivity index (χ4n) is 3.29. The SMILES string of the molecule is CCCCC[C@@H](O)/C=C/[C@@H]1[C@@H]2C[C@H](O)O[C@@H]2C[C@@H]1O. The molecule has 4 nitrogen and oxygen atoms in total. The number of aliphatic hydroxyl groups excluding tert-OH is 3. The van der Waals surface area contributed by atoms with Crippen LogP contribution in [0.15, 0.2) is 12.2 Å². The molecule has 0 aromatic rings. The lowest BCUT2D eigenvalue weighted by molar-refractivity contribution is -0.0949. The molecule has 1 aliphatic heterocycles. The van der Waals surface area contributed by atoms with Crippen LogP contribution in [0.25, 0.3) is 0 Å². The molecule has 0 radical (unpaired) electrons. The van der Waals surface area contributed by atoms with Crippen LogP contribution in [0.5, 0.6) is 0 Å². The van der Waals surface area contributed by atoms with Crippen molar-refractivity contribution in [2.24, 2.45) is 11.8 Å². The maximum atomic E-state index is 10.0. The Balaban J connectivity index is 1.83. The standard InChI is InChI=1S/C15H26O4/c1-2-3-4-5-10(16)6-7-11-12-8-15(18)19-14(12)9-13(11)17/h6-7,10-18H,2-5,8-9H2,1H3/b7-6+/t10-,11-,12+,13+,14-,15-/m1/s1. The van der Waals surface area contributed by atoms with Crippen molar-refractivity contribution in [2.45, 2.75) is 70.1 Å². The minimum atomic E-state index is -0.687. The van der Waals surface area contributed by atoms with Crippen LogP contribution in [0.3, 0.4) is 0 Å². The molecule has 110 valence electrons. The van der Waals surface area contributed by atoms with Crippen LogP contribution in [0.2, 0.25) is 0 Å². The van der Waals surface area contributed by atoms with Crippen LogP contribution in [0.1, 0.15) is 45.4 Å². The van der Waals surface area contributed by atoms with E-state index in [1.54, 1.807) is 6.08 Å². The summed E-state index contributed by atoms with van der Waals surface area (Å²) >= 11 is 0. The molecule has 0 aromatic carbocycles. The molecule has 0 bridgehead atoms. The van der Waals surface area contributed by atoms with Gasteiger partial charge in [-0.05, 0) is 12.3 Å². The highest BCUT2D eigenvalue weighted by atomic mass is 16.6. The molecule has 2 rings (SSSR count). The molecule has 1 aliphatic carbocycles. The summed E-state index contributed by atoms with van der Waals surface area (Å²) < 4.78 is 5.37. The first kappa shape index (κ1) is 15.0. The van der Waals surface area contributed by atoms with Crippen LogP contribution in [0.4, 0.5) is 0 Å². The first-order valence-corrected chi connectivity index (χ1v) is 7.49. The Morgan fingerprint density at radius 3 is 2.79 bits per heavy atom. The minimum Gasteiger partial charge on any atom is -0.392 e. The highest BCUT2D eigenvalue weighted by molar-refractivity contribution is 5.06. The second kappa shape index (κ2) is 6.84. The van der Waals surface area contributed by atoms with E-state index in [-0.39, 0.29) is 17.9 Å². The van der Waals surface area contributed by atoms with Crippen LogP contribution in [0, 0.1) is 11.8 Å². The van der Waals surface area contributed by atoms with Gasteiger partial charge in [0.25, 0.3) is 0 Å². The Bertz CT molecular complexity index is 305. The Hall–Kier alpha value is -0.420. The van der Waals surface area contributed by atoms with E-state index in [4.69, 9.17) is 4.74 Å². The highest BCUT2D eigenvalue weighted by Crippen LogP contribution is 2.43. The summed E-state index contributed by atoms with van der Waals surface area (Å²) in [5.41, 5.74) is 0. The van der Waals surface area contributed by atoms with Crippen molar-refractivity contribution >= 4 is 0 Å². The number of hydrogen-bond acceptors (Lipinski definition) is 4. The van der Waals surface area contributed by atoms with Gasteiger partial charge in [0.15, 0.2) is 6.29 Å². The maximum absolute atomic E-state index is 10.0. The van der Waals surface area contributed by atoms with Gasteiger partial charge in [-0.25, -0.2) is 0 Å². The van der Waals surface area contributed by atoms with Crippen molar-refractivity contribution in [3.8, 4) is 0 Å². The molecule has 0 unspecified atom stereocenters. The number of rotatable bonds is 6. The molecule has 1 heterocycles. The second-order valence-corrected chi connectivity index (χ2v) is 5.86. The quantitative estimate of drug-likeness (QED) is 0.506. The maximum Gasteiger partial charge on any atom is 0.155 e. The zero-order valence-electron chi connectivity index (χ0n) is 11.6. The molecule has 19 heavy (non-hydrogen) atoms. The van der Waals surface area contributed by atoms with Crippen LogP contribution >= 0.6 is 0 Å². The van der Waals surface area contributed by atoms with Crippen molar-refractivity contribution in [3.05, 3.63) is 12.2 Å². The Labute approximate surface area is 115 Å². The third-order valence-corrected chi connectivity index (χ3v) is 4.35. The van der Waals surface area contributed by atoms with Crippen molar-refractivity contribution in [2.75, 3.05) is 0 Å². The zero-order chi connectivity index (χ0) is 13.8. The molecule has 1 saturated carbocycles. The monoisotopic (exact) mass is 270 g/mol. The molecule has 0 amide bonds. The van der Waals surface area contributed by atoms with Gasteiger partial charge in [-0.2, -0.15) is 0 Å². The predicted molar refractivity (Wildman–Crippen MR) is 72.4 cm³/mol. The topological polar surface area (TPSA) is 69.9 Å². The summed E-state index contributed by atoms with van der Waals surface area (Å²) in [6.45, 7) is 2.14. The van der Waals surface area contributed by atoms with E-state index in [1.807, 2.05) is 6.08 Å². The average molecular weight is 270 g/mol. The first-order valence-electron chi connectivity index (χ1n) is 7.49. The van der Waals surface area contributed by atoms with Crippen molar-refractivity contribution in [3.63, 3.8) is 0 Å². The molecule has 1 saturated heterocycles. The van der Waals surface area contributed by atoms with E-state index < -0.39 is 18.5 Å². The number of hydrogen-bond donors (Lipinski definition) is 3. The molecule has 0 aromatic heterocycles. The van der Waals surface area contributed by atoms with E-state index in [0.717, 1.165) is 25.7 Å². The van der Waals surface area contributed by atoms with Crippen molar-refractivity contribution in [1.29, 1.82) is 0 Å². The molecule has 2 aliphatic rings. The summed E-state index contributed by atoms with van der Waals surface area (Å²) in [7, 11) is 0. The first-order chi connectivity index (χ1) is 9.11. The molecule has 4 heteroatoms. The van der Waals surface area contributed by atoms with Crippen LogP contribution in [-0.2, 0) is 4.74 Å². The van der Waals surface area contributed by atoms with Gasteiger partial charge in [0, 0.05) is 18.8 Å². The number of ether oxygens (including phenoxy) is 1. The lowest BCUT2D eigenvalue weighted by Crippen LogP contribution is -2.19. The highest BCUT2D eigenvalue weighted by Gasteiger charge is 2.47. The van der Waals surface area contributed by atoms with E-state index in [1.165, 1.54) is 0 Å². The largest absolute Gasteiger partial charge is 0.392 e. The van der Waals surface area contributed by atoms with Gasteiger partial charge >= 0.3 is 0 Å². The number of aliphatic hydroxyl groups is 3.